The summed E-state index contributed by atoms with van der Waals surface area (Å²) in [6.45, 7) is 4.42. The maximum atomic E-state index is 3.52. The van der Waals surface area contributed by atoms with Crippen molar-refractivity contribution in [2.24, 2.45) is 0 Å². The lowest BCUT2D eigenvalue weighted by Crippen LogP contribution is -2.18. The quantitative estimate of drug-likeness (QED) is 0.848. The molecule has 0 saturated carbocycles. The summed E-state index contributed by atoms with van der Waals surface area (Å²) in [6.07, 6.45) is 2.70. The molecule has 0 radical (unpaired) electrons. The summed E-state index contributed by atoms with van der Waals surface area (Å²) in [5, 5.41) is 3.51. The van der Waals surface area contributed by atoms with Crippen LogP contribution in [0.2, 0.25) is 0 Å². The normalized spacial score (nSPS) is 15.3. The Balaban J connectivity index is 1.60. The second kappa shape index (κ2) is 7.10. The number of nitrogens with one attached hydrogen (secondary N) is 1. The summed E-state index contributed by atoms with van der Waals surface area (Å²) in [6, 6.07) is 17.2. The molecular formula is C18H21BrN2. The summed E-state index contributed by atoms with van der Waals surface area (Å²) in [7, 11) is 0. The van der Waals surface area contributed by atoms with Gasteiger partial charge in [0.25, 0.3) is 0 Å². The Bertz CT molecular complexity index is 591. The fraction of sp³-hybridized carbons (Fsp3) is 0.333. The van der Waals surface area contributed by atoms with Crippen LogP contribution in [-0.2, 0) is 13.1 Å². The van der Waals surface area contributed by atoms with E-state index in [1.165, 1.54) is 42.7 Å². The van der Waals surface area contributed by atoms with Gasteiger partial charge < -0.3 is 5.32 Å². The summed E-state index contributed by atoms with van der Waals surface area (Å²) in [5.41, 5.74) is 3.89. The Kier molecular flexibility index (Phi) is 4.94. The largest absolute Gasteiger partial charge is 0.381 e. The Morgan fingerprint density at radius 2 is 1.71 bits per heavy atom. The van der Waals surface area contributed by atoms with Crippen molar-refractivity contribution in [3.8, 4) is 0 Å². The monoisotopic (exact) mass is 344 g/mol. The molecule has 1 saturated heterocycles. The molecule has 21 heavy (non-hydrogen) atoms. The number of benzene rings is 2. The zero-order chi connectivity index (χ0) is 14.5. The van der Waals surface area contributed by atoms with E-state index in [-0.39, 0.29) is 0 Å². The molecule has 0 atom stereocenters. The van der Waals surface area contributed by atoms with Crippen LogP contribution in [0.25, 0.3) is 0 Å². The molecule has 110 valence electrons. The first-order valence-electron chi connectivity index (χ1n) is 7.59. The highest BCUT2D eigenvalue weighted by molar-refractivity contribution is 9.10. The lowest BCUT2D eigenvalue weighted by atomic mass is 10.1. The molecular weight excluding hydrogens is 324 g/mol. The van der Waals surface area contributed by atoms with E-state index in [0.717, 1.165) is 17.6 Å². The third-order valence-electron chi connectivity index (χ3n) is 3.92. The molecule has 1 aliphatic heterocycles. The Morgan fingerprint density at radius 3 is 2.52 bits per heavy atom. The van der Waals surface area contributed by atoms with E-state index in [1.807, 2.05) is 0 Å². The summed E-state index contributed by atoms with van der Waals surface area (Å²) in [4.78, 5) is 2.54. The molecule has 0 unspecified atom stereocenters. The van der Waals surface area contributed by atoms with Gasteiger partial charge in [-0.3, -0.25) is 4.90 Å². The highest BCUT2D eigenvalue weighted by Crippen LogP contribution is 2.17. The van der Waals surface area contributed by atoms with E-state index < -0.39 is 0 Å². The second-order valence-electron chi connectivity index (χ2n) is 5.67. The fourth-order valence-corrected chi connectivity index (χ4v) is 3.28. The van der Waals surface area contributed by atoms with E-state index in [0.29, 0.717) is 0 Å². The van der Waals surface area contributed by atoms with Crippen LogP contribution in [-0.4, -0.2) is 18.0 Å². The minimum Gasteiger partial charge on any atom is -0.381 e. The Labute approximate surface area is 135 Å². The van der Waals surface area contributed by atoms with Gasteiger partial charge in [0.05, 0.1) is 0 Å². The number of rotatable bonds is 5. The van der Waals surface area contributed by atoms with Gasteiger partial charge in [-0.05, 0) is 61.3 Å². The third-order valence-corrected chi connectivity index (χ3v) is 4.41. The number of likely N-dealkylation sites (tertiary alicyclic amines) is 1. The highest BCUT2D eigenvalue weighted by Gasteiger charge is 2.11. The van der Waals surface area contributed by atoms with Crippen molar-refractivity contribution in [2.45, 2.75) is 25.9 Å². The predicted octanol–water partition coefficient (Wildman–Crippen LogP) is 4.66. The van der Waals surface area contributed by atoms with Crippen molar-refractivity contribution in [1.29, 1.82) is 0 Å². The lowest BCUT2D eigenvalue weighted by molar-refractivity contribution is 0.331. The van der Waals surface area contributed by atoms with Gasteiger partial charge in [-0.2, -0.15) is 0 Å². The fourth-order valence-electron chi connectivity index (χ4n) is 2.83. The van der Waals surface area contributed by atoms with E-state index in [9.17, 15) is 0 Å². The van der Waals surface area contributed by atoms with E-state index in [1.54, 1.807) is 0 Å². The van der Waals surface area contributed by atoms with Crippen molar-refractivity contribution < 1.29 is 0 Å². The first-order valence-corrected chi connectivity index (χ1v) is 8.38. The molecule has 0 spiro atoms. The molecule has 2 nitrogen and oxygen atoms in total. The smallest absolute Gasteiger partial charge is 0.0401 e. The highest BCUT2D eigenvalue weighted by atomic mass is 79.9. The van der Waals surface area contributed by atoms with Crippen LogP contribution in [0.1, 0.15) is 24.0 Å². The maximum absolute atomic E-state index is 3.52. The van der Waals surface area contributed by atoms with Crippen molar-refractivity contribution in [3.05, 3.63) is 64.1 Å². The van der Waals surface area contributed by atoms with Crippen LogP contribution in [0.3, 0.4) is 0 Å². The van der Waals surface area contributed by atoms with Gasteiger partial charge in [0.15, 0.2) is 0 Å². The van der Waals surface area contributed by atoms with Crippen LogP contribution in [0.5, 0.6) is 0 Å². The summed E-state index contributed by atoms with van der Waals surface area (Å²) in [5.74, 6) is 0. The topological polar surface area (TPSA) is 15.3 Å². The van der Waals surface area contributed by atoms with Crippen LogP contribution < -0.4 is 5.32 Å². The van der Waals surface area contributed by atoms with E-state index >= 15 is 0 Å². The minimum atomic E-state index is 0.854. The number of halogens is 1. The Morgan fingerprint density at radius 1 is 0.952 bits per heavy atom. The van der Waals surface area contributed by atoms with Crippen LogP contribution in [0, 0.1) is 0 Å². The van der Waals surface area contributed by atoms with Crippen molar-refractivity contribution in [1.82, 2.24) is 4.90 Å². The first-order chi connectivity index (χ1) is 10.3. The van der Waals surface area contributed by atoms with Gasteiger partial charge in [0, 0.05) is 23.2 Å². The number of anilines is 1. The average molecular weight is 345 g/mol. The lowest BCUT2D eigenvalue weighted by Gasteiger charge is -2.15. The summed E-state index contributed by atoms with van der Waals surface area (Å²) < 4.78 is 1.13. The second-order valence-corrected chi connectivity index (χ2v) is 6.58. The predicted molar refractivity (Wildman–Crippen MR) is 92.4 cm³/mol. The number of hydrogen-bond acceptors (Lipinski definition) is 2. The molecule has 1 heterocycles. The number of nitrogens with zero attached hydrogens (tertiary/aromatic N) is 1. The van der Waals surface area contributed by atoms with Gasteiger partial charge in [-0.15, -0.1) is 0 Å². The zero-order valence-electron chi connectivity index (χ0n) is 12.2. The summed E-state index contributed by atoms with van der Waals surface area (Å²) >= 11 is 3.52. The van der Waals surface area contributed by atoms with E-state index in [4.69, 9.17) is 0 Å². The third kappa shape index (κ3) is 4.32. The van der Waals surface area contributed by atoms with Gasteiger partial charge in [0.2, 0.25) is 0 Å². The molecule has 0 amide bonds. The Hall–Kier alpha value is -1.32. The van der Waals surface area contributed by atoms with Gasteiger partial charge in [-0.1, -0.05) is 40.2 Å². The first kappa shape index (κ1) is 14.6. The molecule has 1 N–H and O–H groups in total. The SMILES string of the molecule is Brc1cccc(CNc2cccc(CN3CCCC3)c2)c1. The molecule has 3 rings (SSSR count). The zero-order valence-corrected chi connectivity index (χ0v) is 13.8. The molecule has 2 aromatic rings. The molecule has 0 aliphatic carbocycles. The molecule has 1 fully saturated rings. The van der Waals surface area contributed by atoms with Crippen LogP contribution >= 0.6 is 15.9 Å². The molecule has 3 heteroatoms. The van der Waals surface area contributed by atoms with Gasteiger partial charge in [-0.25, -0.2) is 0 Å². The van der Waals surface area contributed by atoms with Gasteiger partial charge in [0.1, 0.15) is 0 Å². The molecule has 2 aromatic carbocycles. The van der Waals surface area contributed by atoms with Crippen molar-refractivity contribution in [3.63, 3.8) is 0 Å². The van der Waals surface area contributed by atoms with Gasteiger partial charge >= 0.3 is 0 Å². The minimum absolute atomic E-state index is 0.854. The van der Waals surface area contributed by atoms with Crippen molar-refractivity contribution in [2.75, 3.05) is 18.4 Å². The van der Waals surface area contributed by atoms with E-state index in [2.05, 4.69) is 74.7 Å². The standard InChI is InChI=1S/C18H21BrN2/c19-17-7-3-5-15(11-17)13-20-18-8-4-6-16(12-18)14-21-9-1-2-10-21/h3-8,11-12,20H,1-2,9-10,13-14H2. The van der Waals surface area contributed by atoms with Crippen LogP contribution in [0.15, 0.2) is 53.0 Å². The molecule has 1 aliphatic rings. The van der Waals surface area contributed by atoms with Crippen molar-refractivity contribution >= 4 is 21.6 Å². The molecule has 0 bridgehead atoms. The molecule has 0 aromatic heterocycles. The average Bonchev–Trinajstić information content (AvgIpc) is 2.99. The van der Waals surface area contributed by atoms with Crippen LogP contribution in [0.4, 0.5) is 5.69 Å². The number of hydrogen-bond donors (Lipinski definition) is 1. The maximum Gasteiger partial charge on any atom is 0.0401 e.